The van der Waals surface area contributed by atoms with Crippen molar-refractivity contribution in [2.75, 3.05) is 6.61 Å². The quantitative estimate of drug-likeness (QED) is 0.466. The van der Waals surface area contributed by atoms with Gasteiger partial charge in [-0.05, 0) is 26.7 Å². The summed E-state index contributed by atoms with van der Waals surface area (Å²) in [7, 11) is 0. The highest BCUT2D eigenvalue weighted by Crippen LogP contribution is 2.47. The molecule has 0 spiro atoms. The first-order chi connectivity index (χ1) is 5.59. The van der Waals surface area contributed by atoms with Crippen LogP contribution in [0, 0.1) is 11.8 Å². The van der Waals surface area contributed by atoms with Gasteiger partial charge in [0, 0.05) is 0 Å². The Balaban J connectivity index is 2.59. The Morgan fingerprint density at radius 1 is 1.50 bits per heavy atom. The van der Waals surface area contributed by atoms with Gasteiger partial charge in [0.15, 0.2) is 0 Å². The van der Waals surface area contributed by atoms with Crippen LogP contribution in [0.4, 0.5) is 0 Å². The van der Waals surface area contributed by atoms with Crippen LogP contribution in [0.25, 0.3) is 0 Å². The number of hydrogen-bond donors (Lipinski definition) is 0. The summed E-state index contributed by atoms with van der Waals surface area (Å²) in [5.74, 6) is 0.421. The Hall–Kier alpha value is -0.790. The fourth-order valence-corrected chi connectivity index (χ4v) is 1.72. The molecule has 0 aromatic heterocycles. The molecule has 0 aromatic carbocycles. The van der Waals surface area contributed by atoms with Crippen molar-refractivity contribution < 1.29 is 9.53 Å². The Bertz CT molecular complexity index is 224. The maximum Gasteiger partial charge on any atom is 0.313 e. The largest absolute Gasteiger partial charge is 0.466 e. The first kappa shape index (κ1) is 9.30. The molecule has 0 radical (unpaired) electrons. The maximum absolute atomic E-state index is 11.3. The van der Waals surface area contributed by atoms with E-state index in [4.69, 9.17) is 4.74 Å². The number of rotatable bonds is 2. The van der Waals surface area contributed by atoms with Gasteiger partial charge in [-0.3, -0.25) is 4.79 Å². The van der Waals surface area contributed by atoms with E-state index in [9.17, 15) is 4.79 Å². The number of hydrogen-bond acceptors (Lipinski definition) is 2. The fraction of sp³-hybridized carbons (Fsp3) is 0.700. The summed E-state index contributed by atoms with van der Waals surface area (Å²) in [4.78, 5) is 11.3. The first-order valence-electron chi connectivity index (χ1n) is 4.43. The van der Waals surface area contributed by atoms with Crippen molar-refractivity contribution in [3.05, 3.63) is 11.1 Å². The highest BCUT2D eigenvalue weighted by molar-refractivity contribution is 5.82. The molecular formula is C10H16O2. The SMILES string of the molecule is CCOC(=O)C1C(=C(C)C)C1C. The van der Waals surface area contributed by atoms with Gasteiger partial charge in [-0.2, -0.15) is 0 Å². The van der Waals surface area contributed by atoms with E-state index in [0.29, 0.717) is 12.5 Å². The van der Waals surface area contributed by atoms with E-state index < -0.39 is 0 Å². The van der Waals surface area contributed by atoms with E-state index >= 15 is 0 Å². The zero-order valence-corrected chi connectivity index (χ0v) is 8.18. The summed E-state index contributed by atoms with van der Waals surface area (Å²) in [6, 6.07) is 0. The van der Waals surface area contributed by atoms with Gasteiger partial charge in [-0.15, -0.1) is 0 Å². The average molecular weight is 168 g/mol. The van der Waals surface area contributed by atoms with E-state index in [2.05, 4.69) is 6.92 Å². The van der Waals surface area contributed by atoms with E-state index in [0.717, 1.165) is 0 Å². The van der Waals surface area contributed by atoms with Crippen LogP contribution in [-0.4, -0.2) is 12.6 Å². The number of carbonyl (C=O) groups is 1. The molecule has 2 unspecified atom stereocenters. The van der Waals surface area contributed by atoms with Crippen LogP contribution in [-0.2, 0) is 9.53 Å². The van der Waals surface area contributed by atoms with Crippen molar-refractivity contribution in [2.24, 2.45) is 11.8 Å². The molecule has 1 aliphatic carbocycles. The predicted molar refractivity (Wildman–Crippen MR) is 47.7 cm³/mol. The summed E-state index contributed by atoms with van der Waals surface area (Å²) >= 11 is 0. The van der Waals surface area contributed by atoms with Gasteiger partial charge in [0.05, 0.1) is 12.5 Å². The second-order valence-electron chi connectivity index (χ2n) is 3.47. The predicted octanol–water partition coefficient (Wildman–Crippen LogP) is 2.15. The summed E-state index contributed by atoms with van der Waals surface area (Å²) in [6.07, 6.45) is 0. The minimum absolute atomic E-state index is 0.0544. The molecule has 68 valence electrons. The molecule has 2 atom stereocenters. The summed E-state index contributed by atoms with van der Waals surface area (Å²) in [5, 5.41) is 0. The lowest BCUT2D eigenvalue weighted by atomic mass is 10.3. The lowest BCUT2D eigenvalue weighted by molar-refractivity contribution is -0.144. The van der Waals surface area contributed by atoms with Crippen molar-refractivity contribution in [1.82, 2.24) is 0 Å². The normalized spacial score (nSPS) is 26.8. The Labute approximate surface area is 73.6 Å². The fourth-order valence-electron chi connectivity index (χ4n) is 1.72. The van der Waals surface area contributed by atoms with Crippen LogP contribution in [0.1, 0.15) is 27.7 Å². The zero-order valence-electron chi connectivity index (χ0n) is 8.18. The molecule has 0 N–H and O–H groups in total. The van der Waals surface area contributed by atoms with Gasteiger partial charge in [-0.25, -0.2) is 0 Å². The number of ether oxygens (including phenoxy) is 1. The highest BCUT2D eigenvalue weighted by Gasteiger charge is 2.47. The van der Waals surface area contributed by atoms with Gasteiger partial charge < -0.3 is 4.74 Å². The molecule has 2 nitrogen and oxygen atoms in total. The van der Waals surface area contributed by atoms with Gasteiger partial charge >= 0.3 is 5.97 Å². The lowest BCUT2D eigenvalue weighted by Gasteiger charge is -1.97. The Morgan fingerprint density at radius 2 is 2.08 bits per heavy atom. The van der Waals surface area contributed by atoms with Crippen molar-refractivity contribution in [2.45, 2.75) is 27.7 Å². The minimum atomic E-state index is -0.0544. The van der Waals surface area contributed by atoms with Crippen LogP contribution in [0.2, 0.25) is 0 Å². The number of esters is 1. The summed E-state index contributed by atoms with van der Waals surface area (Å²) in [5.41, 5.74) is 2.54. The second kappa shape index (κ2) is 3.30. The van der Waals surface area contributed by atoms with Gasteiger partial charge in [-0.1, -0.05) is 18.1 Å². The topological polar surface area (TPSA) is 26.3 Å². The summed E-state index contributed by atoms with van der Waals surface area (Å²) < 4.78 is 4.94. The molecule has 1 aliphatic rings. The molecule has 1 rings (SSSR count). The van der Waals surface area contributed by atoms with E-state index in [1.165, 1.54) is 11.1 Å². The van der Waals surface area contributed by atoms with E-state index in [-0.39, 0.29) is 11.9 Å². The van der Waals surface area contributed by atoms with Crippen LogP contribution >= 0.6 is 0 Å². The molecule has 0 bridgehead atoms. The third kappa shape index (κ3) is 1.52. The van der Waals surface area contributed by atoms with Gasteiger partial charge in [0.25, 0.3) is 0 Å². The molecular weight excluding hydrogens is 152 g/mol. The van der Waals surface area contributed by atoms with Crippen LogP contribution in [0.15, 0.2) is 11.1 Å². The smallest absolute Gasteiger partial charge is 0.313 e. The standard InChI is InChI=1S/C10H16O2/c1-5-12-10(11)9-7(4)8(9)6(2)3/h7,9H,5H2,1-4H3. The molecule has 1 saturated carbocycles. The molecule has 0 amide bonds. The van der Waals surface area contributed by atoms with Crippen molar-refractivity contribution in [3.63, 3.8) is 0 Å². The second-order valence-corrected chi connectivity index (χ2v) is 3.47. The van der Waals surface area contributed by atoms with Crippen LogP contribution in [0.5, 0.6) is 0 Å². The summed E-state index contributed by atoms with van der Waals surface area (Å²) in [6.45, 7) is 8.49. The van der Waals surface area contributed by atoms with E-state index in [1.807, 2.05) is 20.8 Å². The molecule has 0 saturated heterocycles. The molecule has 0 aromatic rings. The van der Waals surface area contributed by atoms with Crippen molar-refractivity contribution in [3.8, 4) is 0 Å². The molecule has 1 fully saturated rings. The highest BCUT2D eigenvalue weighted by atomic mass is 16.5. The molecule has 2 heteroatoms. The number of carbonyl (C=O) groups excluding carboxylic acids is 1. The maximum atomic E-state index is 11.3. The molecule has 0 aliphatic heterocycles. The van der Waals surface area contributed by atoms with Crippen LogP contribution in [0.3, 0.4) is 0 Å². The molecule has 0 heterocycles. The van der Waals surface area contributed by atoms with Gasteiger partial charge in [0.2, 0.25) is 0 Å². The Kier molecular flexibility index (Phi) is 2.55. The third-order valence-electron chi connectivity index (χ3n) is 2.33. The zero-order chi connectivity index (χ0) is 9.30. The number of allylic oxidation sites excluding steroid dienone is 1. The minimum Gasteiger partial charge on any atom is -0.466 e. The van der Waals surface area contributed by atoms with Crippen molar-refractivity contribution >= 4 is 5.97 Å². The van der Waals surface area contributed by atoms with Gasteiger partial charge in [0.1, 0.15) is 0 Å². The van der Waals surface area contributed by atoms with Crippen molar-refractivity contribution in [1.29, 1.82) is 0 Å². The Morgan fingerprint density at radius 3 is 2.42 bits per heavy atom. The lowest BCUT2D eigenvalue weighted by Crippen LogP contribution is -2.07. The monoisotopic (exact) mass is 168 g/mol. The third-order valence-corrected chi connectivity index (χ3v) is 2.33. The van der Waals surface area contributed by atoms with E-state index in [1.54, 1.807) is 0 Å². The first-order valence-corrected chi connectivity index (χ1v) is 4.43. The average Bonchev–Trinajstić information content (AvgIpc) is 2.62. The molecule has 12 heavy (non-hydrogen) atoms. The van der Waals surface area contributed by atoms with Crippen LogP contribution < -0.4 is 0 Å².